The van der Waals surface area contributed by atoms with E-state index in [4.69, 9.17) is 4.74 Å². The predicted octanol–water partition coefficient (Wildman–Crippen LogP) is 4.85. The number of anilines is 1. The number of benzene rings is 2. The minimum atomic E-state index is -0.196. The van der Waals surface area contributed by atoms with Crippen molar-refractivity contribution in [1.29, 1.82) is 0 Å². The summed E-state index contributed by atoms with van der Waals surface area (Å²) in [5.74, 6) is 1.72. The standard InChI is InChI=1S/C22H19N5O2S/c1-15-2-9-19(10-3-15)29-20-11-8-18(12-23-20)26-21(28)17-6-4-16(5-7-17)13-30-22-24-14-25-27-22/h2-12,14H,13H2,1H3,(H,26,28)(H,24,25,27). The topological polar surface area (TPSA) is 92.8 Å². The molecule has 0 aliphatic rings. The van der Waals surface area contributed by atoms with Crippen molar-refractivity contribution in [2.24, 2.45) is 0 Å². The first-order valence-electron chi connectivity index (χ1n) is 9.25. The zero-order chi connectivity index (χ0) is 20.8. The van der Waals surface area contributed by atoms with Crippen LogP contribution in [0.2, 0.25) is 0 Å². The summed E-state index contributed by atoms with van der Waals surface area (Å²) in [5, 5.41) is 10.2. The van der Waals surface area contributed by atoms with Crippen LogP contribution in [-0.2, 0) is 5.75 Å². The van der Waals surface area contributed by atoms with Crippen LogP contribution in [-0.4, -0.2) is 26.1 Å². The highest BCUT2D eigenvalue weighted by Gasteiger charge is 2.08. The third-order valence-corrected chi connectivity index (χ3v) is 5.17. The fourth-order valence-electron chi connectivity index (χ4n) is 2.61. The summed E-state index contributed by atoms with van der Waals surface area (Å²) < 4.78 is 5.70. The van der Waals surface area contributed by atoms with E-state index in [2.05, 4.69) is 25.5 Å². The molecule has 2 aromatic carbocycles. The quantitative estimate of drug-likeness (QED) is 0.418. The van der Waals surface area contributed by atoms with Crippen molar-refractivity contribution in [2.45, 2.75) is 17.8 Å². The van der Waals surface area contributed by atoms with Gasteiger partial charge in [0.15, 0.2) is 5.16 Å². The summed E-state index contributed by atoms with van der Waals surface area (Å²) in [6.07, 6.45) is 3.05. The molecule has 2 heterocycles. The van der Waals surface area contributed by atoms with E-state index in [9.17, 15) is 4.79 Å². The van der Waals surface area contributed by atoms with Crippen LogP contribution < -0.4 is 10.1 Å². The van der Waals surface area contributed by atoms with Gasteiger partial charge < -0.3 is 10.1 Å². The molecule has 1 amide bonds. The lowest BCUT2D eigenvalue weighted by Crippen LogP contribution is -2.12. The highest BCUT2D eigenvalue weighted by atomic mass is 32.2. The molecule has 7 nitrogen and oxygen atoms in total. The Balaban J connectivity index is 1.32. The van der Waals surface area contributed by atoms with Crippen molar-refractivity contribution >= 4 is 23.4 Å². The van der Waals surface area contributed by atoms with Gasteiger partial charge in [0.25, 0.3) is 5.91 Å². The Morgan fingerprint density at radius 3 is 2.50 bits per heavy atom. The van der Waals surface area contributed by atoms with Gasteiger partial charge in [-0.05, 0) is 42.8 Å². The summed E-state index contributed by atoms with van der Waals surface area (Å²) in [7, 11) is 0. The Labute approximate surface area is 177 Å². The molecule has 2 N–H and O–H groups in total. The fourth-order valence-corrected chi connectivity index (χ4v) is 3.35. The molecule has 0 aliphatic carbocycles. The molecule has 4 aromatic rings. The molecule has 0 saturated carbocycles. The van der Waals surface area contributed by atoms with Crippen LogP contribution in [0.25, 0.3) is 0 Å². The number of rotatable bonds is 7. The molecule has 0 bridgehead atoms. The second kappa shape index (κ2) is 9.23. The zero-order valence-corrected chi connectivity index (χ0v) is 17.0. The van der Waals surface area contributed by atoms with Gasteiger partial charge in [0, 0.05) is 17.4 Å². The van der Waals surface area contributed by atoms with Gasteiger partial charge in [-0.2, -0.15) is 5.10 Å². The number of pyridine rings is 1. The highest BCUT2D eigenvalue weighted by Crippen LogP contribution is 2.22. The second-order valence-electron chi connectivity index (χ2n) is 6.53. The molecule has 0 spiro atoms. The Hall–Kier alpha value is -3.65. The molecule has 0 saturated heterocycles. The van der Waals surface area contributed by atoms with E-state index < -0.39 is 0 Å². The van der Waals surface area contributed by atoms with E-state index in [0.29, 0.717) is 22.9 Å². The molecular formula is C22H19N5O2S. The van der Waals surface area contributed by atoms with Crippen molar-refractivity contribution in [1.82, 2.24) is 20.2 Å². The lowest BCUT2D eigenvalue weighted by Gasteiger charge is -2.08. The number of H-pyrrole nitrogens is 1. The normalized spacial score (nSPS) is 10.6. The van der Waals surface area contributed by atoms with Gasteiger partial charge in [-0.3, -0.25) is 9.89 Å². The molecule has 8 heteroatoms. The van der Waals surface area contributed by atoms with Crippen molar-refractivity contribution in [3.63, 3.8) is 0 Å². The predicted molar refractivity (Wildman–Crippen MR) is 116 cm³/mol. The average Bonchev–Trinajstić information content (AvgIpc) is 3.29. The van der Waals surface area contributed by atoms with Gasteiger partial charge in [0.2, 0.25) is 5.88 Å². The summed E-state index contributed by atoms with van der Waals surface area (Å²) in [4.78, 5) is 20.8. The maximum Gasteiger partial charge on any atom is 0.255 e. The molecule has 150 valence electrons. The molecule has 0 unspecified atom stereocenters. The van der Waals surface area contributed by atoms with Crippen molar-refractivity contribution in [3.05, 3.63) is 89.9 Å². The number of aromatic amines is 1. The van der Waals surface area contributed by atoms with Crippen LogP contribution in [0.4, 0.5) is 5.69 Å². The summed E-state index contributed by atoms with van der Waals surface area (Å²) in [5.41, 5.74) is 3.42. The third-order valence-electron chi connectivity index (χ3n) is 4.22. The first-order chi connectivity index (χ1) is 14.7. The van der Waals surface area contributed by atoms with Gasteiger partial charge >= 0.3 is 0 Å². The minimum Gasteiger partial charge on any atom is -0.439 e. The number of thioether (sulfide) groups is 1. The van der Waals surface area contributed by atoms with Gasteiger partial charge in [-0.15, -0.1) is 0 Å². The lowest BCUT2D eigenvalue weighted by atomic mass is 10.1. The number of aromatic nitrogens is 4. The van der Waals surface area contributed by atoms with E-state index in [-0.39, 0.29) is 5.91 Å². The first-order valence-corrected chi connectivity index (χ1v) is 10.2. The number of ether oxygens (including phenoxy) is 1. The van der Waals surface area contributed by atoms with E-state index in [1.165, 1.54) is 6.33 Å². The molecule has 30 heavy (non-hydrogen) atoms. The highest BCUT2D eigenvalue weighted by molar-refractivity contribution is 7.98. The molecule has 0 aliphatic heterocycles. The van der Waals surface area contributed by atoms with Crippen LogP contribution in [0.5, 0.6) is 11.6 Å². The van der Waals surface area contributed by atoms with E-state index >= 15 is 0 Å². The van der Waals surface area contributed by atoms with Crippen molar-refractivity contribution in [3.8, 4) is 11.6 Å². The Morgan fingerprint density at radius 2 is 1.83 bits per heavy atom. The van der Waals surface area contributed by atoms with Crippen LogP contribution in [0, 0.1) is 6.92 Å². The smallest absolute Gasteiger partial charge is 0.255 e. The number of nitrogens with one attached hydrogen (secondary N) is 2. The molecule has 0 fully saturated rings. The largest absolute Gasteiger partial charge is 0.439 e. The Kier molecular flexibility index (Phi) is 6.05. The van der Waals surface area contributed by atoms with E-state index in [1.807, 2.05) is 43.3 Å². The van der Waals surface area contributed by atoms with E-state index in [1.54, 1.807) is 42.2 Å². The van der Waals surface area contributed by atoms with Crippen LogP contribution in [0.3, 0.4) is 0 Å². The molecule has 0 radical (unpaired) electrons. The molecule has 4 rings (SSSR count). The molecule has 0 atom stereocenters. The lowest BCUT2D eigenvalue weighted by molar-refractivity contribution is 0.102. The van der Waals surface area contributed by atoms with E-state index in [0.717, 1.165) is 22.0 Å². The summed E-state index contributed by atoms with van der Waals surface area (Å²) in [6.45, 7) is 2.02. The van der Waals surface area contributed by atoms with Gasteiger partial charge in [-0.25, -0.2) is 9.97 Å². The van der Waals surface area contributed by atoms with Gasteiger partial charge in [0.05, 0.1) is 11.9 Å². The first kappa shape index (κ1) is 19.7. The fraction of sp³-hybridized carbons (Fsp3) is 0.0909. The average molecular weight is 417 g/mol. The van der Waals surface area contributed by atoms with Crippen molar-refractivity contribution in [2.75, 3.05) is 5.32 Å². The number of hydrogen-bond acceptors (Lipinski definition) is 6. The Morgan fingerprint density at radius 1 is 1.03 bits per heavy atom. The number of nitrogens with zero attached hydrogens (tertiary/aromatic N) is 3. The third kappa shape index (κ3) is 5.24. The summed E-state index contributed by atoms with van der Waals surface area (Å²) >= 11 is 1.55. The number of carbonyl (C=O) groups excluding carboxylic acids is 1. The van der Waals surface area contributed by atoms with Gasteiger partial charge in [-0.1, -0.05) is 41.6 Å². The molecule has 2 aromatic heterocycles. The maximum absolute atomic E-state index is 12.5. The van der Waals surface area contributed by atoms with Gasteiger partial charge in [0.1, 0.15) is 12.1 Å². The summed E-state index contributed by atoms with van der Waals surface area (Å²) in [6, 6.07) is 18.7. The van der Waals surface area contributed by atoms with Crippen LogP contribution >= 0.6 is 11.8 Å². The molecular weight excluding hydrogens is 398 g/mol. The van der Waals surface area contributed by atoms with Crippen LogP contribution in [0.1, 0.15) is 21.5 Å². The minimum absolute atomic E-state index is 0.196. The number of aryl methyl sites for hydroxylation is 1. The second-order valence-corrected chi connectivity index (χ2v) is 7.49. The number of carbonyl (C=O) groups is 1. The number of hydrogen-bond donors (Lipinski definition) is 2. The maximum atomic E-state index is 12.5. The SMILES string of the molecule is Cc1ccc(Oc2ccc(NC(=O)c3ccc(CSc4ncn[nH]4)cc3)cn2)cc1. The van der Waals surface area contributed by atoms with Crippen molar-refractivity contribution < 1.29 is 9.53 Å². The number of amides is 1. The van der Waals surface area contributed by atoms with Crippen LogP contribution in [0.15, 0.2) is 78.3 Å². The Bertz CT molecular complexity index is 1100. The zero-order valence-electron chi connectivity index (χ0n) is 16.2. The monoisotopic (exact) mass is 417 g/mol.